The van der Waals surface area contributed by atoms with Crippen molar-refractivity contribution in [3.05, 3.63) is 12.1 Å². The zero-order valence-corrected chi connectivity index (χ0v) is 17.3. The minimum Gasteiger partial charge on any atom is -0.493 e. The normalized spacial score (nSPS) is 19.3. The maximum Gasteiger partial charge on any atom is 0.251 e. The molecule has 1 N–H and O–H groups in total. The van der Waals surface area contributed by atoms with Crippen molar-refractivity contribution in [2.24, 2.45) is 0 Å². The molecule has 0 aromatic heterocycles. The molecule has 28 heavy (non-hydrogen) atoms. The Balaban J connectivity index is 1.59. The Kier molecular flexibility index (Phi) is 6.79. The summed E-state index contributed by atoms with van der Waals surface area (Å²) in [6.45, 7) is 3.30. The van der Waals surface area contributed by atoms with Crippen molar-refractivity contribution in [1.82, 2.24) is 9.80 Å². The quantitative estimate of drug-likeness (QED) is 0.738. The Labute approximate surface area is 170 Å². The minimum absolute atomic E-state index is 0.0978. The van der Waals surface area contributed by atoms with Crippen LogP contribution in [0.3, 0.4) is 0 Å². The molecule has 8 nitrogen and oxygen atoms in total. The molecule has 0 aliphatic carbocycles. The first kappa shape index (κ1) is 20.5. The van der Waals surface area contributed by atoms with Gasteiger partial charge in [-0.1, -0.05) is 0 Å². The number of benzene rings is 1. The van der Waals surface area contributed by atoms with Gasteiger partial charge in [-0.15, -0.1) is 0 Å². The minimum atomic E-state index is -0.268. The van der Waals surface area contributed by atoms with E-state index in [2.05, 4.69) is 10.2 Å². The third kappa shape index (κ3) is 4.41. The molecule has 9 heteroatoms. The molecule has 3 rings (SSSR count). The first-order valence-electron chi connectivity index (χ1n) is 9.33. The second-order valence-electron chi connectivity index (χ2n) is 6.66. The maximum atomic E-state index is 12.5. The molecule has 1 amide bonds. The first-order valence-corrected chi connectivity index (χ1v) is 9.74. The molecule has 0 bridgehead atoms. The smallest absolute Gasteiger partial charge is 0.251 e. The Hall–Kier alpha value is -2.26. The van der Waals surface area contributed by atoms with E-state index in [1.54, 1.807) is 21.3 Å². The van der Waals surface area contributed by atoms with E-state index in [9.17, 15) is 4.79 Å². The number of amides is 1. The summed E-state index contributed by atoms with van der Waals surface area (Å²) in [5.74, 6) is 1.74. The first-order chi connectivity index (χ1) is 13.6. The number of ether oxygens (including phenoxy) is 4. The van der Waals surface area contributed by atoms with Crippen LogP contribution in [0.25, 0.3) is 0 Å². The van der Waals surface area contributed by atoms with E-state index in [-0.39, 0.29) is 12.0 Å². The molecule has 1 atom stereocenters. The predicted octanol–water partition coefficient (Wildman–Crippen LogP) is 1.73. The lowest BCUT2D eigenvalue weighted by atomic mass is 10.2. The van der Waals surface area contributed by atoms with Gasteiger partial charge in [-0.25, -0.2) is 0 Å². The van der Waals surface area contributed by atoms with Crippen molar-refractivity contribution in [2.75, 3.05) is 59.4 Å². The number of methoxy groups -OCH3 is 3. The monoisotopic (exact) mass is 409 g/mol. The van der Waals surface area contributed by atoms with Gasteiger partial charge in [0, 0.05) is 50.6 Å². The summed E-state index contributed by atoms with van der Waals surface area (Å²) in [5.41, 5.74) is 0.748. The van der Waals surface area contributed by atoms with E-state index in [0.717, 1.165) is 18.5 Å². The summed E-state index contributed by atoms with van der Waals surface area (Å²) in [6, 6.07) is 3.62. The van der Waals surface area contributed by atoms with Gasteiger partial charge in [-0.05, 0) is 25.1 Å². The summed E-state index contributed by atoms with van der Waals surface area (Å²) in [7, 11) is 4.71. The molecule has 2 aliphatic heterocycles. The molecule has 0 radical (unpaired) electrons. The van der Waals surface area contributed by atoms with E-state index in [1.807, 2.05) is 17.0 Å². The van der Waals surface area contributed by atoms with Crippen LogP contribution >= 0.6 is 12.2 Å². The number of carbonyl (C=O) groups is 1. The summed E-state index contributed by atoms with van der Waals surface area (Å²) in [6.07, 6.45) is 1.51. The molecule has 0 spiro atoms. The Morgan fingerprint density at radius 3 is 2.18 bits per heavy atom. The van der Waals surface area contributed by atoms with Gasteiger partial charge in [0.15, 0.2) is 16.6 Å². The summed E-state index contributed by atoms with van der Waals surface area (Å²) >= 11 is 5.56. The SMILES string of the molecule is COc1cc(NC(=S)N2CCN(C(=O)[C@@H]3CCCO3)CC2)cc(OC)c1OC. The molecule has 154 valence electrons. The average molecular weight is 410 g/mol. The highest BCUT2D eigenvalue weighted by Gasteiger charge is 2.30. The lowest BCUT2D eigenvalue weighted by Gasteiger charge is -2.37. The third-order valence-corrected chi connectivity index (χ3v) is 5.36. The van der Waals surface area contributed by atoms with E-state index in [1.165, 1.54) is 0 Å². The van der Waals surface area contributed by atoms with Crippen LogP contribution in [0.15, 0.2) is 12.1 Å². The molecule has 2 aliphatic rings. The van der Waals surface area contributed by atoms with Crippen LogP contribution in [0.5, 0.6) is 17.2 Å². The van der Waals surface area contributed by atoms with Crippen molar-refractivity contribution in [3.8, 4) is 17.2 Å². The van der Waals surface area contributed by atoms with Crippen molar-refractivity contribution < 1.29 is 23.7 Å². The number of nitrogens with one attached hydrogen (secondary N) is 1. The summed E-state index contributed by atoms with van der Waals surface area (Å²) < 4.78 is 21.6. The van der Waals surface area contributed by atoms with E-state index in [4.69, 9.17) is 31.2 Å². The van der Waals surface area contributed by atoms with E-state index in [0.29, 0.717) is 55.1 Å². The average Bonchev–Trinajstić information content (AvgIpc) is 3.27. The topological polar surface area (TPSA) is 72.5 Å². The van der Waals surface area contributed by atoms with Crippen LogP contribution in [-0.4, -0.2) is 81.0 Å². The van der Waals surface area contributed by atoms with Crippen molar-refractivity contribution >= 4 is 28.9 Å². The van der Waals surface area contributed by atoms with Crippen LogP contribution in [0.4, 0.5) is 5.69 Å². The van der Waals surface area contributed by atoms with Crippen LogP contribution in [0, 0.1) is 0 Å². The van der Waals surface area contributed by atoms with Crippen LogP contribution in [0.2, 0.25) is 0 Å². The van der Waals surface area contributed by atoms with Gasteiger partial charge in [-0.3, -0.25) is 4.79 Å². The molecule has 0 unspecified atom stereocenters. The van der Waals surface area contributed by atoms with Gasteiger partial charge in [0.1, 0.15) is 6.10 Å². The largest absolute Gasteiger partial charge is 0.493 e. The zero-order chi connectivity index (χ0) is 20.1. The number of rotatable bonds is 5. The molecule has 2 fully saturated rings. The van der Waals surface area contributed by atoms with Crippen LogP contribution in [-0.2, 0) is 9.53 Å². The fraction of sp³-hybridized carbons (Fsp3) is 0.579. The Bertz CT molecular complexity index is 691. The van der Waals surface area contributed by atoms with Gasteiger partial charge in [0.2, 0.25) is 5.75 Å². The summed E-state index contributed by atoms with van der Waals surface area (Å²) in [4.78, 5) is 16.4. The highest BCUT2D eigenvalue weighted by atomic mass is 32.1. The van der Waals surface area contributed by atoms with Gasteiger partial charge in [-0.2, -0.15) is 0 Å². The van der Waals surface area contributed by atoms with Crippen molar-refractivity contribution in [2.45, 2.75) is 18.9 Å². The molecule has 0 saturated carbocycles. The van der Waals surface area contributed by atoms with Crippen LogP contribution < -0.4 is 19.5 Å². The van der Waals surface area contributed by atoms with Gasteiger partial charge >= 0.3 is 0 Å². The summed E-state index contributed by atoms with van der Waals surface area (Å²) in [5, 5.41) is 3.82. The predicted molar refractivity (Wildman–Crippen MR) is 109 cm³/mol. The second kappa shape index (κ2) is 9.29. The van der Waals surface area contributed by atoms with Gasteiger partial charge in [0.25, 0.3) is 5.91 Å². The molecule has 1 aromatic carbocycles. The number of nitrogens with zero attached hydrogens (tertiary/aromatic N) is 2. The second-order valence-corrected chi connectivity index (χ2v) is 7.04. The molecular formula is C19H27N3O5S. The molecule has 1 aromatic rings. The van der Waals surface area contributed by atoms with E-state index < -0.39 is 0 Å². The highest BCUT2D eigenvalue weighted by Crippen LogP contribution is 2.40. The molecular weight excluding hydrogens is 382 g/mol. The fourth-order valence-corrected chi connectivity index (χ4v) is 3.76. The number of piperazine rings is 1. The van der Waals surface area contributed by atoms with Crippen molar-refractivity contribution in [1.29, 1.82) is 0 Å². The van der Waals surface area contributed by atoms with E-state index >= 15 is 0 Å². The number of thiocarbonyl (C=S) groups is 1. The van der Waals surface area contributed by atoms with Gasteiger partial charge < -0.3 is 34.1 Å². The number of anilines is 1. The third-order valence-electron chi connectivity index (χ3n) is 5.00. The fourth-order valence-electron chi connectivity index (χ4n) is 3.46. The molecule has 2 saturated heterocycles. The molecule has 2 heterocycles. The lowest BCUT2D eigenvalue weighted by Crippen LogP contribution is -2.53. The lowest BCUT2D eigenvalue weighted by molar-refractivity contribution is -0.142. The highest BCUT2D eigenvalue weighted by molar-refractivity contribution is 7.80. The van der Waals surface area contributed by atoms with Gasteiger partial charge in [0.05, 0.1) is 21.3 Å². The number of hydrogen-bond donors (Lipinski definition) is 1. The number of hydrogen-bond acceptors (Lipinski definition) is 6. The maximum absolute atomic E-state index is 12.5. The number of carbonyl (C=O) groups excluding carboxylic acids is 1. The standard InChI is InChI=1S/C19H27N3O5S/c1-24-15-11-13(12-16(25-2)17(15)26-3)20-19(28)22-8-6-21(7-9-22)18(23)14-5-4-10-27-14/h11-12,14H,4-10H2,1-3H3,(H,20,28)/t14-/m0/s1. The Morgan fingerprint density at radius 2 is 1.68 bits per heavy atom. The van der Waals surface area contributed by atoms with Crippen molar-refractivity contribution in [3.63, 3.8) is 0 Å². The zero-order valence-electron chi connectivity index (χ0n) is 16.5. The van der Waals surface area contributed by atoms with Crippen LogP contribution in [0.1, 0.15) is 12.8 Å². The Morgan fingerprint density at radius 1 is 1.07 bits per heavy atom.